The molecule has 0 aromatic heterocycles. The molecule has 0 aromatic rings. The van der Waals surface area contributed by atoms with Crippen LogP contribution in [0.3, 0.4) is 0 Å². The van der Waals surface area contributed by atoms with Crippen molar-refractivity contribution in [1.29, 1.82) is 0 Å². The highest BCUT2D eigenvalue weighted by Crippen LogP contribution is 2.29. The topological polar surface area (TPSA) is 75.4 Å². The molecule has 142 valence electrons. The highest BCUT2D eigenvalue weighted by atomic mass is 16.2. The first kappa shape index (κ1) is 18.7. The van der Waals surface area contributed by atoms with E-state index in [2.05, 4.69) is 5.32 Å². The summed E-state index contributed by atoms with van der Waals surface area (Å²) in [6.07, 6.45) is 12.6. The Morgan fingerprint density at radius 3 is 2.16 bits per heavy atom. The predicted octanol–water partition coefficient (Wildman–Crippen LogP) is 2.58. The third kappa shape index (κ3) is 5.44. The summed E-state index contributed by atoms with van der Waals surface area (Å²) in [7, 11) is 0. The van der Waals surface area contributed by atoms with Gasteiger partial charge in [-0.3, -0.25) is 9.59 Å². The summed E-state index contributed by atoms with van der Waals surface area (Å²) in [4.78, 5) is 26.9. The van der Waals surface area contributed by atoms with Gasteiger partial charge in [-0.05, 0) is 57.3 Å². The van der Waals surface area contributed by atoms with E-state index in [9.17, 15) is 9.59 Å². The monoisotopic (exact) mass is 349 g/mol. The Labute approximate surface area is 152 Å². The zero-order valence-corrected chi connectivity index (χ0v) is 15.5. The average Bonchev–Trinajstić information content (AvgIpc) is 2.63. The van der Waals surface area contributed by atoms with Gasteiger partial charge in [0, 0.05) is 37.5 Å². The fourth-order valence-corrected chi connectivity index (χ4v) is 4.80. The Kier molecular flexibility index (Phi) is 6.74. The zero-order chi connectivity index (χ0) is 17.6. The summed E-state index contributed by atoms with van der Waals surface area (Å²) in [6, 6.07) is 0.536. The molecule has 5 heteroatoms. The van der Waals surface area contributed by atoms with Gasteiger partial charge in [-0.2, -0.15) is 0 Å². The molecule has 1 saturated heterocycles. The lowest BCUT2D eigenvalue weighted by atomic mass is 9.84. The quantitative estimate of drug-likeness (QED) is 0.819. The number of carbonyl (C=O) groups is 2. The Hall–Kier alpha value is -1.10. The van der Waals surface area contributed by atoms with Gasteiger partial charge < -0.3 is 16.0 Å². The number of amides is 2. The Morgan fingerprint density at radius 1 is 0.880 bits per heavy atom. The molecule has 0 spiro atoms. The van der Waals surface area contributed by atoms with Crippen molar-refractivity contribution in [1.82, 2.24) is 10.2 Å². The molecule has 2 amide bonds. The molecule has 2 aliphatic carbocycles. The van der Waals surface area contributed by atoms with E-state index >= 15 is 0 Å². The van der Waals surface area contributed by atoms with Gasteiger partial charge in [-0.25, -0.2) is 0 Å². The van der Waals surface area contributed by atoms with E-state index < -0.39 is 0 Å². The lowest BCUT2D eigenvalue weighted by Gasteiger charge is -2.35. The summed E-state index contributed by atoms with van der Waals surface area (Å²) >= 11 is 0. The van der Waals surface area contributed by atoms with Crippen molar-refractivity contribution in [3.8, 4) is 0 Å². The van der Waals surface area contributed by atoms with Crippen LogP contribution in [0, 0.1) is 11.8 Å². The van der Waals surface area contributed by atoms with E-state index in [1.807, 2.05) is 4.90 Å². The number of nitrogens with one attached hydrogen (secondary N) is 1. The van der Waals surface area contributed by atoms with Crippen molar-refractivity contribution in [2.75, 3.05) is 13.1 Å². The molecule has 3 N–H and O–H groups in total. The maximum absolute atomic E-state index is 12.6. The van der Waals surface area contributed by atoms with Crippen LogP contribution in [0.15, 0.2) is 0 Å². The predicted molar refractivity (Wildman–Crippen MR) is 98.9 cm³/mol. The van der Waals surface area contributed by atoms with Gasteiger partial charge in [0.1, 0.15) is 0 Å². The molecule has 0 bridgehead atoms. The Balaban J connectivity index is 1.36. The van der Waals surface area contributed by atoms with Crippen LogP contribution in [0.1, 0.15) is 77.0 Å². The molecule has 25 heavy (non-hydrogen) atoms. The highest BCUT2D eigenvalue weighted by molar-refractivity contribution is 5.79. The largest absolute Gasteiger partial charge is 0.353 e. The molecular formula is C20H35N3O2. The summed E-state index contributed by atoms with van der Waals surface area (Å²) < 4.78 is 0. The summed E-state index contributed by atoms with van der Waals surface area (Å²) in [5.41, 5.74) is 5.93. The number of hydrogen-bond donors (Lipinski definition) is 2. The summed E-state index contributed by atoms with van der Waals surface area (Å²) in [6.45, 7) is 1.64. The van der Waals surface area contributed by atoms with Crippen LogP contribution in [0.4, 0.5) is 0 Å². The van der Waals surface area contributed by atoms with Crippen LogP contribution in [0.2, 0.25) is 0 Å². The summed E-state index contributed by atoms with van der Waals surface area (Å²) in [5, 5.41) is 3.23. The Bertz CT molecular complexity index is 446. The van der Waals surface area contributed by atoms with Crippen LogP contribution >= 0.6 is 0 Å². The fraction of sp³-hybridized carbons (Fsp3) is 0.900. The van der Waals surface area contributed by atoms with Gasteiger partial charge in [-0.1, -0.05) is 19.3 Å². The molecule has 1 aliphatic heterocycles. The molecular weight excluding hydrogens is 314 g/mol. The van der Waals surface area contributed by atoms with E-state index in [0.29, 0.717) is 18.2 Å². The second-order valence-electron chi connectivity index (χ2n) is 8.49. The number of nitrogens with zero attached hydrogens (tertiary/aromatic N) is 1. The molecule has 3 aliphatic rings. The van der Waals surface area contributed by atoms with Crippen LogP contribution in [-0.2, 0) is 9.59 Å². The number of nitrogens with two attached hydrogens (primary N) is 1. The number of piperidine rings is 1. The van der Waals surface area contributed by atoms with E-state index in [-0.39, 0.29) is 23.9 Å². The molecule has 0 radical (unpaired) electrons. The molecule has 3 fully saturated rings. The first-order chi connectivity index (χ1) is 12.1. The SMILES string of the molecule is NC1CCN(C(=O)C2CCC(NC(=O)CC3CCCCC3)CC2)CC1. The van der Waals surface area contributed by atoms with Crippen molar-refractivity contribution < 1.29 is 9.59 Å². The van der Waals surface area contributed by atoms with Crippen LogP contribution in [-0.4, -0.2) is 41.9 Å². The average molecular weight is 350 g/mol. The van der Waals surface area contributed by atoms with Gasteiger partial charge in [0.05, 0.1) is 0 Å². The number of likely N-dealkylation sites (tertiary alicyclic amines) is 1. The number of rotatable bonds is 4. The normalized spacial score (nSPS) is 29.4. The van der Waals surface area contributed by atoms with E-state index in [4.69, 9.17) is 5.73 Å². The second-order valence-corrected chi connectivity index (χ2v) is 8.49. The second kappa shape index (κ2) is 9.02. The lowest BCUT2D eigenvalue weighted by molar-refractivity contribution is -0.137. The van der Waals surface area contributed by atoms with Gasteiger partial charge in [0.2, 0.25) is 11.8 Å². The zero-order valence-electron chi connectivity index (χ0n) is 15.5. The van der Waals surface area contributed by atoms with Crippen LogP contribution < -0.4 is 11.1 Å². The Morgan fingerprint density at radius 2 is 1.52 bits per heavy atom. The first-order valence-electron chi connectivity index (χ1n) is 10.5. The minimum Gasteiger partial charge on any atom is -0.353 e. The maximum Gasteiger partial charge on any atom is 0.225 e. The molecule has 5 nitrogen and oxygen atoms in total. The molecule has 0 atom stereocenters. The third-order valence-corrected chi connectivity index (χ3v) is 6.49. The number of carbonyl (C=O) groups excluding carboxylic acids is 2. The minimum atomic E-state index is 0.154. The molecule has 1 heterocycles. The smallest absolute Gasteiger partial charge is 0.225 e. The van der Waals surface area contributed by atoms with Crippen molar-refractivity contribution in [2.24, 2.45) is 17.6 Å². The van der Waals surface area contributed by atoms with E-state index in [1.165, 1.54) is 32.1 Å². The number of hydrogen-bond acceptors (Lipinski definition) is 3. The van der Waals surface area contributed by atoms with Crippen molar-refractivity contribution >= 4 is 11.8 Å². The van der Waals surface area contributed by atoms with Gasteiger partial charge in [-0.15, -0.1) is 0 Å². The maximum atomic E-state index is 12.6. The van der Waals surface area contributed by atoms with E-state index in [1.54, 1.807) is 0 Å². The van der Waals surface area contributed by atoms with Gasteiger partial charge >= 0.3 is 0 Å². The fourth-order valence-electron chi connectivity index (χ4n) is 4.80. The van der Waals surface area contributed by atoms with Crippen molar-refractivity contribution in [3.63, 3.8) is 0 Å². The molecule has 0 aromatic carbocycles. The van der Waals surface area contributed by atoms with E-state index in [0.717, 1.165) is 51.6 Å². The van der Waals surface area contributed by atoms with Crippen LogP contribution in [0.5, 0.6) is 0 Å². The van der Waals surface area contributed by atoms with Gasteiger partial charge in [0.25, 0.3) is 0 Å². The molecule has 3 rings (SSSR count). The van der Waals surface area contributed by atoms with Gasteiger partial charge in [0.15, 0.2) is 0 Å². The molecule has 2 saturated carbocycles. The van der Waals surface area contributed by atoms with Crippen molar-refractivity contribution in [2.45, 2.75) is 89.1 Å². The standard InChI is InChI=1S/C20H35N3O2/c21-17-10-12-23(13-11-17)20(25)16-6-8-18(9-7-16)22-19(24)14-15-4-2-1-3-5-15/h15-18H,1-14,21H2,(H,22,24). The van der Waals surface area contributed by atoms with Crippen LogP contribution in [0.25, 0.3) is 0 Å². The lowest BCUT2D eigenvalue weighted by Crippen LogP contribution is -2.47. The summed E-state index contributed by atoms with van der Waals surface area (Å²) in [5.74, 6) is 1.29. The highest BCUT2D eigenvalue weighted by Gasteiger charge is 2.31. The minimum absolute atomic E-state index is 0.154. The third-order valence-electron chi connectivity index (χ3n) is 6.49. The van der Waals surface area contributed by atoms with Crippen molar-refractivity contribution in [3.05, 3.63) is 0 Å². The molecule has 0 unspecified atom stereocenters. The first-order valence-corrected chi connectivity index (χ1v) is 10.5.